The van der Waals surface area contributed by atoms with Gasteiger partial charge >= 0.3 is 0 Å². The third kappa shape index (κ3) is 9.48. The summed E-state index contributed by atoms with van der Waals surface area (Å²) in [5.74, 6) is 2.40. The number of sulfonamides is 1. The first-order chi connectivity index (χ1) is 12.5. The third-order valence-electron chi connectivity index (χ3n) is 4.18. The molecule has 27 heavy (non-hydrogen) atoms. The largest absolute Gasteiger partial charge is 0.379 e. The van der Waals surface area contributed by atoms with Crippen molar-refractivity contribution >= 4 is 51.7 Å². The minimum Gasteiger partial charge on any atom is -0.379 e. The van der Waals surface area contributed by atoms with Crippen molar-refractivity contribution in [2.75, 3.05) is 63.3 Å². The Hall–Kier alpha value is 0.180. The van der Waals surface area contributed by atoms with Gasteiger partial charge in [0.15, 0.2) is 5.96 Å². The predicted octanol–water partition coefficient (Wildman–Crippen LogP) is 0.732. The SMILES string of the molecule is CCNC(=NCCS(=O)(=O)N1CCSCC1)NC(C)COC1CCOC1.I. The molecule has 2 rings (SSSR count). The molecule has 0 aromatic heterocycles. The lowest BCUT2D eigenvalue weighted by Gasteiger charge is -2.25. The van der Waals surface area contributed by atoms with Crippen molar-refractivity contribution in [2.45, 2.75) is 32.4 Å². The first kappa shape index (κ1) is 25.2. The van der Waals surface area contributed by atoms with E-state index in [1.165, 1.54) is 0 Å². The van der Waals surface area contributed by atoms with Crippen LogP contribution >= 0.6 is 35.7 Å². The summed E-state index contributed by atoms with van der Waals surface area (Å²) in [6.45, 7) is 8.15. The number of thioether (sulfide) groups is 1. The normalized spacial score (nSPS) is 22.9. The lowest BCUT2D eigenvalue weighted by Crippen LogP contribution is -2.45. The highest BCUT2D eigenvalue weighted by molar-refractivity contribution is 14.0. The molecule has 0 radical (unpaired) electrons. The van der Waals surface area contributed by atoms with Gasteiger partial charge in [0.25, 0.3) is 0 Å². The maximum absolute atomic E-state index is 12.4. The summed E-state index contributed by atoms with van der Waals surface area (Å²) in [5.41, 5.74) is 0. The average molecular weight is 537 g/mol. The molecular weight excluding hydrogens is 503 g/mol. The van der Waals surface area contributed by atoms with Crippen LogP contribution in [-0.2, 0) is 19.5 Å². The van der Waals surface area contributed by atoms with Gasteiger partial charge in [-0.2, -0.15) is 11.8 Å². The molecule has 0 bridgehead atoms. The number of nitrogens with one attached hydrogen (secondary N) is 2. The van der Waals surface area contributed by atoms with Crippen molar-refractivity contribution < 1.29 is 17.9 Å². The van der Waals surface area contributed by atoms with Crippen LogP contribution in [0.3, 0.4) is 0 Å². The van der Waals surface area contributed by atoms with E-state index in [-0.39, 0.29) is 48.4 Å². The van der Waals surface area contributed by atoms with E-state index in [1.54, 1.807) is 16.1 Å². The Balaban J connectivity index is 0.00000364. The Kier molecular flexibility index (Phi) is 12.5. The molecule has 0 amide bonds. The highest BCUT2D eigenvalue weighted by Gasteiger charge is 2.23. The van der Waals surface area contributed by atoms with Gasteiger partial charge in [-0.25, -0.2) is 12.7 Å². The molecule has 0 aromatic rings. The lowest BCUT2D eigenvalue weighted by atomic mass is 10.3. The summed E-state index contributed by atoms with van der Waals surface area (Å²) < 4.78 is 37.4. The van der Waals surface area contributed by atoms with Gasteiger partial charge in [0.2, 0.25) is 10.0 Å². The molecule has 160 valence electrons. The number of ether oxygens (including phenoxy) is 2. The van der Waals surface area contributed by atoms with Crippen molar-refractivity contribution in [1.82, 2.24) is 14.9 Å². The molecule has 0 saturated carbocycles. The first-order valence-corrected chi connectivity index (χ1v) is 12.1. The van der Waals surface area contributed by atoms with Crippen LogP contribution in [0, 0.1) is 0 Å². The zero-order valence-electron chi connectivity index (χ0n) is 16.2. The fourth-order valence-electron chi connectivity index (χ4n) is 2.75. The van der Waals surface area contributed by atoms with Crippen molar-refractivity contribution in [3.8, 4) is 0 Å². The predicted molar refractivity (Wildman–Crippen MR) is 122 cm³/mol. The van der Waals surface area contributed by atoms with Gasteiger partial charge in [0.1, 0.15) is 0 Å². The van der Waals surface area contributed by atoms with Crippen LogP contribution in [0.15, 0.2) is 4.99 Å². The van der Waals surface area contributed by atoms with E-state index in [9.17, 15) is 8.42 Å². The number of hydrogen-bond donors (Lipinski definition) is 2. The molecule has 2 aliphatic heterocycles. The zero-order valence-corrected chi connectivity index (χ0v) is 20.1. The molecular formula is C16H33IN4O4S2. The molecule has 2 aliphatic rings. The minimum absolute atomic E-state index is 0. The highest BCUT2D eigenvalue weighted by Crippen LogP contribution is 2.13. The van der Waals surface area contributed by atoms with E-state index in [2.05, 4.69) is 15.6 Å². The monoisotopic (exact) mass is 536 g/mol. The molecule has 2 unspecified atom stereocenters. The van der Waals surface area contributed by atoms with E-state index in [4.69, 9.17) is 9.47 Å². The number of rotatable bonds is 9. The van der Waals surface area contributed by atoms with Gasteiger partial charge in [-0.3, -0.25) is 4.99 Å². The Labute approximate surface area is 184 Å². The van der Waals surface area contributed by atoms with E-state index < -0.39 is 10.0 Å². The smallest absolute Gasteiger partial charge is 0.215 e. The summed E-state index contributed by atoms with van der Waals surface area (Å²) >= 11 is 1.80. The molecule has 0 spiro atoms. The highest BCUT2D eigenvalue weighted by atomic mass is 127. The van der Waals surface area contributed by atoms with Crippen LogP contribution in [-0.4, -0.2) is 94.1 Å². The van der Waals surface area contributed by atoms with Crippen LogP contribution in [0.5, 0.6) is 0 Å². The van der Waals surface area contributed by atoms with Crippen LogP contribution in [0.2, 0.25) is 0 Å². The topological polar surface area (TPSA) is 92.3 Å². The Morgan fingerprint density at radius 3 is 2.78 bits per heavy atom. The standard InChI is InChI=1S/C16H32N4O4S2.HI/c1-3-17-16(19-14(2)12-24-15-4-8-23-13-15)18-5-11-26(21,22)20-6-9-25-10-7-20;/h14-15H,3-13H2,1-2H3,(H2,17,18,19);1H. The van der Waals surface area contributed by atoms with Crippen molar-refractivity contribution in [3.05, 3.63) is 0 Å². The van der Waals surface area contributed by atoms with Gasteiger partial charge in [-0.15, -0.1) is 24.0 Å². The quantitative estimate of drug-likeness (QED) is 0.255. The van der Waals surface area contributed by atoms with Gasteiger partial charge < -0.3 is 20.1 Å². The average Bonchev–Trinajstić information content (AvgIpc) is 3.14. The molecule has 8 nitrogen and oxygen atoms in total. The van der Waals surface area contributed by atoms with E-state index in [1.807, 2.05) is 13.8 Å². The zero-order chi connectivity index (χ0) is 18.8. The second-order valence-corrected chi connectivity index (χ2v) is 9.77. The van der Waals surface area contributed by atoms with E-state index in [0.29, 0.717) is 38.8 Å². The van der Waals surface area contributed by atoms with Crippen molar-refractivity contribution in [2.24, 2.45) is 4.99 Å². The van der Waals surface area contributed by atoms with Crippen molar-refractivity contribution in [1.29, 1.82) is 0 Å². The van der Waals surface area contributed by atoms with Gasteiger partial charge in [0.05, 0.1) is 31.6 Å². The van der Waals surface area contributed by atoms with Gasteiger partial charge in [-0.1, -0.05) is 0 Å². The summed E-state index contributed by atoms with van der Waals surface area (Å²) in [6.07, 6.45) is 1.11. The van der Waals surface area contributed by atoms with Gasteiger partial charge in [-0.05, 0) is 20.3 Å². The molecule has 2 saturated heterocycles. The molecule has 2 atom stereocenters. The Morgan fingerprint density at radius 1 is 1.41 bits per heavy atom. The maximum atomic E-state index is 12.4. The van der Waals surface area contributed by atoms with Crippen LogP contribution < -0.4 is 10.6 Å². The summed E-state index contributed by atoms with van der Waals surface area (Å²) in [6, 6.07) is 0.0733. The molecule has 2 fully saturated rings. The fourth-order valence-corrected chi connectivity index (χ4v) is 5.20. The lowest BCUT2D eigenvalue weighted by molar-refractivity contribution is 0.0347. The molecule has 0 aliphatic carbocycles. The second kappa shape index (κ2) is 13.4. The van der Waals surface area contributed by atoms with Crippen molar-refractivity contribution in [3.63, 3.8) is 0 Å². The van der Waals surface area contributed by atoms with Gasteiger partial charge in [0, 0.05) is 43.8 Å². The Morgan fingerprint density at radius 2 is 2.15 bits per heavy atom. The molecule has 2 heterocycles. The van der Waals surface area contributed by atoms with Crippen LogP contribution in [0.25, 0.3) is 0 Å². The number of guanidine groups is 1. The first-order valence-electron chi connectivity index (χ1n) is 9.31. The number of hydrogen-bond acceptors (Lipinski definition) is 6. The summed E-state index contributed by atoms with van der Waals surface area (Å²) in [7, 11) is -3.22. The fraction of sp³-hybridized carbons (Fsp3) is 0.938. The summed E-state index contributed by atoms with van der Waals surface area (Å²) in [4.78, 5) is 4.42. The van der Waals surface area contributed by atoms with Crippen LogP contribution in [0.4, 0.5) is 0 Å². The number of nitrogens with zero attached hydrogens (tertiary/aromatic N) is 2. The molecule has 11 heteroatoms. The minimum atomic E-state index is -3.22. The maximum Gasteiger partial charge on any atom is 0.215 e. The Bertz CT molecular complexity index is 539. The van der Waals surface area contributed by atoms with E-state index >= 15 is 0 Å². The third-order valence-corrected chi connectivity index (χ3v) is 6.97. The number of aliphatic imine (C=N–C) groups is 1. The second-order valence-electron chi connectivity index (χ2n) is 6.45. The van der Waals surface area contributed by atoms with Crippen LogP contribution in [0.1, 0.15) is 20.3 Å². The molecule has 2 N–H and O–H groups in total. The molecule has 0 aromatic carbocycles. The number of halogens is 1. The summed E-state index contributed by atoms with van der Waals surface area (Å²) in [5, 5.41) is 6.42. The van der Waals surface area contributed by atoms with E-state index in [0.717, 1.165) is 24.5 Å².